The largest absolute Gasteiger partial charge is 0.441 e. The lowest BCUT2D eigenvalue weighted by Crippen LogP contribution is -2.46. The number of fused-ring (bicyclic) bond motifs is 1. The second kappa shape index (κ2) is 4.46. The van der Waals surface area contributed by atoms with E-state index in [1.54, 1.807) is 6.92 Å². The molecule has 0 N–H and O–H groups in total. The summed E-state index contributed by atoms with van der Waals surface area (Å²) in [6.07, 6.45) is 1.43. The molecule has 3 rings (SSSR count). The molecule has 0 unspecified atom stereocenters. The summed E-state index contributed by atoms with van der Waals surface area (Å²) in [7, 11) is 0. The maximum Gasteiger partial charge on any atom is 0.192 e. The molecule has 1 saturated heterocycles. The molecule has 2 heterocycles. The Bertz CT molecular complexity index is 625. The molecule has 0 radical (unpaired) electrons. The van der Waals surface area contributed by atoms with Gasteiger partial charge in [-0.15, -0.1) is 0 Å². The minimum absolute atomic E-state index is 0.0272. The molecule has 1 fully saturated rings. The van der Waals surface area contributed by atoms with Gasteiger partial charge in [0.2, 0.25) is 0 Å². The van der Waals surface area contributed by atoms with E-state index in [-0.39, 0.29) is 11.2 Å². The van der Waals surface area contributed by atoms with E-state index in [1.165, 1.54) is 5.56 Å². The van der Waals surface area contributed by atoms with Crippen LogP contribution in [0, 0.1) is 6.92 Å². The summed E-state index contributed by atoms with van der Waals surface area (Å²) in [5.41, 5.74) is 2.84. The van der Waals surface area contributed by atoms with Gasteiger partial charge < -0.3 is 13.9 Å². The second-order valence-corrected chi connectivity index (χ2v) is 5.39. The molecule has 0 spiro atoms. The summed E-state index contributed by atoms with van der Waals surface area (Å²) in [4.78, 5) is 15.5. The van der Waals surface area contributed by atoms with E-state index in [0.717, 1.165) is 17.5 Å². The van der Waals surface area contributed by atoms with Crippen molar-refractivity contribution in [3.8, 4) is 0 Å². The van der Waals surface area contributed by atoms with Crippen molar-refractivity contribution in [1.29, 1.82) is 0 Å². The van der Waals surface area contributed by atoms with Crippen molar-refractivity contribution < 1.29 is 13.9 Å². The number of benzene rings is 1. The average molecular weight is 259 g/mol. The van der Waals surface area contributed by atoms with Crippen molar-refractivity contribution in [3.05, 3.63) is 29.7 Å². The van der Waals surface area contributed by atoms with Gasteiger partial charge in [0.05, 0.1) is 13.2 Å². The smallest absolute Gasteiger partial charge is 0.192 e. The molecule has 4 nitrogen and oxygen atoms in total. The summed E-state index contributed by atoms with van der Waals surface area (Å²) >= 11 is 0. The number of hydrogen-bond donors (Lipinski definition) is 0. The van der Waals surface area contributed by atoms with Gasteiger partial charge in [-0.1, -0.05) is 6.07 Å². The number of hydrogen-bond acceptors (Lipinski definition) is 4. The van der Waals surface area contributed by atoms with Crippen LogP contribution in [-0.4, -0.2) is 24.0 Å². The molecule has 0 amide bonds. The number of aryl methyl sites for hydroxylation is 1. The van der Waals surface area contributed by atoms with Crippen LogP contribution >= 0.6 is 0 Å². The first-order valence-corrected chi connectivity index (χ1v) is 6.54. The molecule has 1 aliphatic rings. The number of carbonyl (C=O) groups excluding carboxylic acids is 1. The van der Waals surface area contributed by atoms with E-state index in [1.807, 2.05) is 19.1 Å². The molecule has 1 aromatic heterocycles. The van der Waals surface area contributed by atoms with Crippen LogP contribution in [0.5, 0.6) is 0 Å². The monoisotopic (exact) mass is 259 g/mol. The van der Waals surface area contributed by atoms with Crippen LogP contribution < -0.4 is 0 Å². The molecular formula is C15H17NO3. The molecule has 0 saturated carbocycles. The number of nitrogens with zero attached hydrogens (tertiary/aromatic N) is 1. The first-order valence-electron chi connectivity index (χ1n) is 6.54. The van der Waals surface area contributed by atoms with E-state index in [2.05, 4.69) is 11.1 Å². The highest BCUT2D eigenvalue weighted by atomic mass is 16.5. The topological polar surface area (TPSA) is 52.3 Å². The maximum absolute atomic E-state index is 11.2. The molecule has 0 atom stereocenters. The third kappa shape index (κ3) is 2.16. The lowest BCUT2D eigenvalue weighted by Gasteiger charge is -2.42. The molecule has 0 aliphatic carbocycles. The Morgan fingerprint density at radius 3 is 2.84 bits per heavy atom. The van der Waals surface area contributed by atoms with Crippen molar-refractivity contribution in [1.82, 2.24) is 4.98 Å². The van der Waals surface area contributed by atoms with E-state index >= 15 is 0 Å². The van der Waals surface area contributed by atoms with Gasteiger partial charge in [-0.05, 0) is 31.0 Å². The fourth-order valence-corrected chi connectivity index (χ4v) is 2.59. The molecular weight excluding hydrogens is 242 g/mol. The molecule has 4 heteroatoms. The molecule has 2 aromatic rings. The number of carbonyl (C=O) groups is 1. The van der Waals surface area contributed by atoms with Crippen molar-refractivity contribution in [2.45, 2.75) is 32.1 Å². The van der Waals surface area contributed by atoms with Crippen LogP contribution in [0.4, 0.5) is 0 Å². The Balaban J connectivity index is 1.94. The highest BCUT2D eigenvalue weighted by molar-refractivity contribution is 5.76. The average Bonchev–Trinajstić information content (AvgIpc) is 2.66. The number of aromatic nitrogens is 1. The van der Waals surface area contributed by atoms with Crippen LogP contribution in [-0.2, 0) is 14.9 Å². The first kappa shape index (κ1) is 12.4. The quantitative estimate of drug-likeness (QED) is 0.847. The van der Waals surface area contributed by atoms with Gasteiger partial charge in [0.25, 0.3) is 0 Å². The number of ketones is 1. The minimum Gasteiger partial charge on any atom is -0.441 e. The normalized spacial score (nSPS) is 17.4. The van der Waals surface area contributed by atoms with Gasteiger partial charge in [0.15, 0.2) is 11.5 Å². The van der Waals surface area contributed by atoms with Gasteiger partial charge in [-0.25, -0.2) is 4.98 Å². The predicted octanol–water partition coefficient (Wildman–Crippen LogP) is 2.77. The van der Waals surface area contributed by atoms with Crippen molar-refractivity contribution in [2.24, 2.45) is 0 Å². The summed E-state index contributed by atoms with van der Waals surface area (Å²) in [6, 6.07) is 6.10. The standard InChI is InChI=1S/C15H17NO3/c1-10(17)5-6-15(8-18-9-15)12-3-4-13-14(7-12)19-11(2)16-13/h3-4,7H,5-6,8-9H2,1-2H3. The van der Waals surface area contributed by atoms with E-state index < -0.39 is 0 Å². The zero-order chi connectivity index (χ0) is 13.5. The van der Waals surface area contributed by atoms with Crippen molar-refractivity contribution in [2.75, 3.05) is 13.2 Å². The molecule has 0 bridgehead atoms. The fourth-order valence-electron chi connectivity index (χ4n) is 2.59. The maximum atomic E-state index is 11.2. The number of rotatable bonds is 4. The third-order valence-electron chi connectivity index (χ3n) is 3.82. The van der Waals surface area contributed by atoms with Crippen LogP contribution in [0.1, 0.15) is 31.2 Å². The zero-order valence-corrected chi connectivity index (χ0v) is 11.2. The van der Waals surface area contributed by atoms with Crippen LogP contribution in [0.3, 0.4) is 0 Å². The number of ether oxygens (including phenoxy) is 1. The number of Topliss-reactive ketones (excluding diaryl/α,β-unsaturated/α-hetero) is 1. The van der Waals surface area contributed by atoms with Gasteiger partial charge in [-0.2, -0.15) is 0 Å². The lowest BCUT2D eigenvalue weighted by molar-refractivity contribution is -0.119. The Labute approximate surface area is 111 Å². The first-order chi connectivity index (χ1) is 9.09. The predicted molar refractivity (Wildman–Crippen MR) is 71.2 cm³/mol. The zero-order valence-electron chi connectivity index (χ0n) is 11.2. The Hall–Kier alpha value is -1.68. The Morgan fingerprint density at radius 2 is 2.21 bits per heavy atom. The van der Waals surface area contributed by atoms with Gasteiger partial charge in [0, 0.05) is 18.8 Å². The van der Waals surface area contributed by atoms with Gasteiger partial charge in [-0.3, -0.25) is 0 Å². The van der Waals surface area contributed by atoms with Gasteiger partial charge in [0.1, 0.15) is 11.3 Å². The summed E-state index contributed by atoms with van der Waals surface area (Å²) < 4.78 is 11.0. The third-order valence-corrected chi connectivity index (χ3v) is 3.82. The summed E-state index contributed by atoms with van der Waals surface area (Å²) in [5.74, 6) is 0.901. The fraction of sp³-hybridized carbons (Fsp3) is 0.467. The van der Waals surface area contributed by atoms with Crippen LogP contribution in [0.25, 0.3) is 11.1 Å². The summed E-state index contributed by atoms with van der Waals surface area (Å²) in [5, 5.41) is 0. The molecule has 100 valence electrons. The Morgan fingerprint density at radius 1 is 1.42 bits per heavy atom. The van der Waals surface area contributed by atoms with Crippen LogP contribution in [0.15, 0.2) is 22.6 Å². The van der Waals surface area contributed by atoms with Crippen LogP contribution in [0.2, 0.25) is 0 Å². The molecule has 1 aromatic carbocycles. The highest BCUT2D eigenvalue weighted by Gasteiger charge is 2.40. The van der Waals surface area contributed by atoms with E-state index in [9.17, 15) is 4.79 Å². The van der Waals surface area contributed by atoms with E-state index in [0.29, 0.717) is 25.5 Å². The van der Waals surface area contributed by atoms with Crippen molar-refractivity contribution in [3.63, 3.8) is 0 Å². The minimum atomic E-state index is -0.0272. The molecule has 19 heavy (non-hydrogen) atoms. The Kier molecular flexibility index (Phi) is 2.90. The lowest BCUT2D eigenvalue weighted by atomic mass is 9.74. The van der Waals surface area contributed by atoms with E-state index in [4.69, 9.17) is 9.15 Å². The summed E-state index contributed by atoms with van der Waals surface area (Å²) in [6.45, 7) is 4.84. The SMILES string of the molecule is CC(=O)CCC1(c2ccc3nc(C)oc3c2)COC1. The van der Waals surface area contributed by atoms with Crippen molar-refractivity contribution >= 4 is 16.9 Å². The highest BCUT2D eigenvalue weighted by Crippen LogP contribution is 2.38. The molecule has 1 aliphatic heterocycles. The number of oxazole rings is 1. The second-order valence-electron chi connectivity index (χ2n) is 5.39. The van der Waals surface area contributed by atoms with Gasteiger partial charge >= 0.3 is 0 Å².